The molecule has 0 aromatic carbocycles. The predicted molar refractivity (Wildman–Crippen MR) is 108 cm³/mol. The largest absolute Gasteiger partial charge is 0.491 e. The summed E-state index contributed by atoms with van der Waals surface area (Å²) in [7, 11) is 0. The van der Waals surface area contributed by atoms with E-state index in [-0.39, 0.29) is 6.42 Å². The first-order chi connectivity index (χ1) is 12.6. The normalized spacial score (nSPS) is 11.2. The molecule has 0 aliphatic rings. The van der Waals surface area contributed by atoms with Crippen LogP contribution in [0, 0.1) is 6.92 Å². The van der Waals surface area contributed by atoms with E-state index in [0.717, 1.165) is 17.9 Å². The van der Waals surface area contributed by atoms with Gasteiger partial charge in [-0.2, -0.15) is 0 Å². The van der Waals surface area contributed by atoms with Gasteiger partial charge in [0.05, 0.1) is 13.0 Å². The maximum absolute atomic E-state index is 10.6. The van der Waals surface area contributed by atoms with E-state index < -0.39 is 5.97 Å². The fraction of sp³-hybridized carbons (Fsp3) is 0.636. The summed E-state index contributed by atoms with van der Waals surface area (Å²) in [6.45, 7) is 4.85. The van der Waals surface area contributed by atoms with Crippen LogP contribution in [-0.2, 0) is 4.79 Å². The second-order valence-electron chi connectivity index (χ2n) is 6.87. The van der Waals surface area contributed by atoms with Crippen LogP contribution in [0.4, 0.5) is 0 Å². The third-order valence-electron chi connectivity index (χ3n) is 4.35. The lowest BCUT2D eigenvalue weighted by Crippen LogP contribution is -2.01. The van der Waals surface area contributed by atoms with Crippen molar-refractivity contribution in [2.75, 3.05) is 6.61 Å². The van der Waals surface area contributed by atoms with Gasteiger partial charge in [-0.15, -0.1) is 0 Å². The Morgan fingerprint density at radius 1 is 1.04 bits per heavy atom. The molecule has 4 nitrogen and oxygen atoms in total. The molecule has 0 bridgehead atoms. The predicted octanol–water partition coefficient (Wildman–Crippen LogP) is 6.18. The number of unbranched alkanes of at least 4 members (excludes halogenated alkanes) is 9. The summed E-state index contributed by atoms with van der Waals surface area (Å²) >= 11 is 0. The van der Waals surface area contributed by atoms with Gasteiger partial charge in [0.1, 0.15) is 11.4 Å². The molecule has 0 aliphatic carbocycles. The summed E-state index contributed by atoms with van der Waals surface area (Å²) in [6.07, 6.45) is 16.3. The van der Waals surface area contributed by atoms with Gasteiger partial charge in [0.2, 0.25) is 0 Å². The highest BCUT2D eigenvalue weighted by Gasteiger charge is 2.03. The average Bonchev–Trinajstić information content (AvgIpc) is 2.61. The number of aliphatic carboxylic acids is 1. The van der Waals surface area contributed by atoms with Crippen molar-refractivity contribution in [1.29, 1.82) is 0 Å². The second kappa shape index (κ2) is 14.3. The van der Waals surface area contributed by atoms with Crippen LogP contribution in [0.5, 0.6) is 5.75 Å². The third-order valence-corrected chi connectivity index (χ3v) is 4.35. The van der Waals surface area contributed by atoms with Gasteiger partial charge in [0.15, 0.2) is 0 Å². The van der Waals surface area contributed by atoms with Gasteiger partial charge in [0.25, 0.3) is 0 Å². The molecule has 1 aromatic heterocycles. The van der Waals surface area contributed by atoms with Crippen molar-refractivity contribution in [2.45, 2.75) is 84.5 Å². The zero-order chi connectivity index (χ0) is 19.0. The van der Waals surface area contributed by atoms with Crippen molar-refractivity contribution in [1.82, 2.24) is 4.98 Å². The molecular formula is C22H35NO3. The highest BCUT2D eigenvalue weighted by molar-refractivity contribution is 5.70. The number of carbonyl (C=O) groups is 1. The Kier molecular flexibility index (Phi) is 12.2. The van der Waals surface area contributed by atoms with Gasteiger partial charge in [-0.1, -0.05) is 70.8 Å². The van der Waals surface area contributed by atoms with Gasteiger partial charge in [0, 0.05) is 5.69 Å². The van der Waals surface area contributed by atoms with Gasteiger partial charge in [-0.05, 0) is 31.6 Å². The summed E-state index contributed by atoms with van der Waals surface area (Å²) in [5, 5.41) is 8.73. The average molecular weight is 362 g/mol. The summed E-state index contributed by atoms with van der Waals surface area (Å²) < 4.78 is 5.86. The summed E-state index contributed by atoms with van der Waals surface area (Å²) in [5.41, 5.74) is 1.60. The zero-order valence-electron chi connectivity index (χ0n) is 16.5. The lowest BCUT2D eigenvalue weighted by molar-refractivity contribution is -0.135. The highest BCUT2D eigenvalue weighted by Crippen LogP contribution is 2.19. The fourth-order valence-electron chi connectivity index (χ4n) is 2.85. The van der Waals surface area contributed by atoms with Crippen molar-refractivity contribution < 1.29 is 14.6 Å². The quantitative estimate of drug-likeness (QED) is 0.379. The molecule has 0 atom stereocenters. The van der Waals surface area contributed by atoms with E-state index in [0.29, 0.717) is 12.3 Å². The van der Waals surface area contributed by atoms with Crippen molar-refractivity contribution in [3.05, 3.63) is 29.6 Å². The standard InChI is InChI=1S/C22H35NO3/c1-3-4-5-6-7-8-9-10-11-12-18-26-21-17-16-19(2)23-20(21)14-13-15-22(24)25/h13-14,16-17H,3-12,15,18H2,1-2H3,(H,24,25)/b14-13+. The number of pyridine rings is 1. The second-order valence-corrected chi connectivity index (χ2v) is 6.87. The number of nitrogens with zero attached hydrogens (tertiary/aromatic N) is 1. The number of carboxylic acids is 1. The highest BCUT2D eigenvalue weighted by atomic mass is 16.5. The van der Waals surface area contributed by atoms with Crippen LogP contribution in [0.1, 0.15) is 88.9 Å². The Bertz CT molecular complexity index is 540. The van der Waals surface area contributed by atoms with Gasteiger partial charge in [-0.25, -0.2) is 4.98 Å². The number of rotatable bonds is 15. The molecule has 0 saturated carbocycles. The van der Waals surface area contributed by atoms with Crippen molar-refractivity contribution in [3.8, 4) is 5.75 Å². The molecule has 1 heterocycles. The fourth-order valence-corrected chi connectivity index (χ4v) is 2.85. The van der Waals surface area contributed by atoms with Crippen LogP contribution in [-0.4, -0.2) is 22.7 Å². The molecule has 26 heavy (non-hydrogen) atoms. The zero-order valence-corrected chi connectivity index (χ0v) is 16.5. The van der Waals surface area contributed by atoms with E-state index in [9.17, 15) is 4.79 Å². The van der Waals surface area contributed by atoms with E-state index in [1.165, 1.54) is 57.8 Å². The molecule has 1 rings (SSSR count). The Balaban J connectivity index is 2.20. The third kappa shape index (κ3) is 10.9. The molecule has 146 valence electrons. The molecule has 4 heteroatoms. The topological polar surface area (TPSA) is 59.4 Å². The van der Waals surface area contributed by atoms with Crippen LogP contribution in [0.3, 0.4) is 0 Å². The summed E-state index contributed by atoms with van der Waals surface area (Å²) in [6, 6.07) is 3.83. The van der Waals surface area contributed by atoms with E-state index in [2.05, 4.69) is 11.9 Å². The Morgan fingerprint density at radius 3 is 2.27 bits per heavy atom. The van der Waals surface area contributed by atoms with E-state index in [1.807, 2.05) is 19.1 Å². The lowest BCUT2D eigenvalue weighted by atomic mass is 10.1. The van der Waals surface area contributed by atoms with Crippen molar-refractivity contribution in [3.63, 3.8) is 0 Å². The number of hydrogen-bond donors (Lipinski definition) is 1. The minimum atomic E-state index is -0.846. The lowest BCUT2D eigenvalue weighted by Gasteiger charge is -2.09. The molecule has 1 N–H and O–H groups in total. The number of ether oxygens (including phenoxy) is 1. The number of aromatic nitrogens is 1. The van der Waals surface area contributed by atoms with Gasteiger partial charge < -0.3 is 9.84 Å². The Labute approximate surface area is 158 Å². The van der Waals surface area contributed by atoms with Crippen LogP contribution in [0.2, 0.25) is 0 Å². The first-order valence-electron chi connectivity index (χ1n) is 10.1. The number of aryl methyl sites for hydroxylation is 1. The molecule has 0 saturated heterocycles. The summed E-state index contributed by atoms with van der Waals surface area (Å²) in [4.78, 5) is 15.1. The molecule has 0 radical (unpaired) electrons. The monoisotopic (exact) mass is 361 g/mol. The first kappa shape index (κ1) is 22.2. The molecule has 0 fully saturated rings. The number of hydrogen-bond acceptors (Lipinski definition) is 3. The minimum absolute atomic E-state index is 0.00644. The van der Waals surface area contributed by atoms with Crippen LogP contribution in [0.25, 0.3) is 6.08 Å². The molecule has 1 aromatic rings. The van der Waals surface area contributed by atoms with Gasteiger partial charge in [-0.3, -0.25) is 4.79 Å². The van der Waals surface area contributed by atoms with Gasteiger partial charge >= 0.3 is 5.97 Å². The molecule has 0 unspecified atom stereocenters. The van der Waals surface area contributed by atoms with E-state index in [4.69, 9.17) is 9.84 Å². The van der Waals surface area contributed by atoms with Crippen LogP contribution in [0.15, 0.2) is 18.2 Å². The maximum Gasteiger partial charge on any atom is 0.307 e. The Morgan fingerprint density at radius 2 is 1.65 bits per heavy atom. The summed E-state index contributed by atoms with van der Waals surface area (Å²) in [5.74, 6) is -0.116. The number of carboxylic acid groups (broad SMARTS) is 1. The van der Waals surface area contributed by atoms with Crippen molar-refractivity contribution >= 4 is 12.0 Å². The first-order valence-corrected chi connectivity index (χ1v) is 10.1. The molecule has 0 aliphatic heterocycles. The Hall–Kier alpha value is -1.84. The SMILES string of the molecule is CCCCCCCCCCCCOc1ccc(C)nc1/C=C/CC(=O)O. The molecule has 0 spiro atoms. The minimum Gasteiger partial charge on any atom is -0.491 e. The van der Waals surface area contributed by atoms with E-state index >= 15 is 0 Å². The van der Waals surface area contributed by atoms with E-state index in [1.54, 1.807) is 12.2 Å². The smallest absolute Gasteiger partial charge is 0.307 e. The molecule has 0 amide bonds. The molecular weight excluding hydrogens is 326 g/mol. The van der Waals surface area contributed by atoms with Crippen LogP contribution < -0.4 is 4.74 Å². The maximum atomic E-state index is 10.6. The van der Waals surface area contributed by atoms with Crippen LogP contribution >= 0.6 is 0 Å². The van der Waals surface area contributed by atoms with Crippen molar-refractivity contribution in [2.24, 2.45) is 0 Å².